The minimum absolute atomic E-state index is 0.0388. The van der Waals surface area contributed by atoms with Crippen molar-refractivity contribution < 1.29 is 28.7 Å². The van der Waals surface area contributed by atoms with Gasteiger partial charge in [0.05, 0.1) is 5.41 Å². The molecule has 1 atom stereocenters. The summed E-state index contributed by atoms with van der Waals surface area (Å²) in [6, 6.07) is -0.962. The van der Waals surface area contributed by atoms with Gasteiger partial charge >= 0.3 is 6.09 Å². The van der Waals surface area contributed by atoms with Gasteiger partial charge in [0.25, 0.3) is 0 Å². The number of hydrogen-bond donors (Lipinski definition) is 1. The zero-order valence-corrected chi connectivity index (χ0v) is 15.2. The highest BCUT2D eigenvalue weighted by atomic mass is 16.6. The SMILES string of the molecule is CC(C)(C)OC(=O)N1CC2(CC(=O)N(C3CCCC(=O)NC3=O)C2=O)C1. The number of ether oxygens (including phenoxy) is 1. The van der Waals surface area contributed by atoms with E-state index >= 15 is 0 Å². The van der Waals surface area contributed by atoms with Crippen LogP contribution in [0.2, 0.25) is 0 Å². The molecule has 142 valence electrons. The average molecular weight is 365 g/mol. The number of imide groups is 2. The predicted molar refractivity (Wildman–Crippen MR) is 87.5 cm³/mol. The second-order valence-electron chi connectivity index (χ2n) is 8.18. The number of amides is 5. The Bertz CT molecular complexity index is 689. The molecule has 1 N–H and O–H groups in total. The first-order chi connectivity index (χ1) is 12.0. The fourth-order valence-electron chi connectivity index (χ4n) is 3.64. The third-order valence-electron chi connectivity index (χ3n) is 4.83. The van der Waals surface area contributed by atoms with Crippen molar-refractivity contribution in [2.75, 3.05) is 13.1 Å². The lowest BCUT2D eigenvalue weighted by Crippen LogP contribution is -2.63. The van der Waals surface area contributed by atoms with Crippen molar-refractivity contribution >= 4 is 29.7 Å². The molecule has 0 aromatic rings. The van der Waals surface area contributed by atoms with Crippen LogP contribution in [-0.2, 0) is 23.9 Å². The van der Waals surface area contributed by atoms with Gasteiger partial charge < -0.3 is 9.64 Å². The first kappa shape index (κ1) is 18.3. The molecule has 9 heteroatoms. The molecule has 1 unspecified atom stereocenters. The van der Waals surface area contributed by atoms with Crippen LogP contribution in [0.3, 0.4) is 0 Å². The topological polar surface area (TPSA) is 113 Å². The van der Waals surface area contributed by atoms with E-state index in [2.05, 4.69) is 5.32 Å². The Morgan fingerprint density at radius 3 is 2.46 bits per heavy atom. The molecule has 1 spiro atoms. The van der Waals surface area contributed by atoms with E-state index in [1.165, 1.54) is 4.90 Å². The Morgan fingerprint density at radius 1 is 1.19 bits per heavy atom. The molecule has 3 aliphatic heterocycles. The third-order valence-corrected chi connectivity index (χ3v) is 4.83. The van der Waals surface area contributed by atoms with E-state index < -0.39 is 46.8 Å². The van der Waals surface area contributed by atoms with E-state index in [-0.39, 0.29) is 32.4 Å². The van der Waals surface area contributed by atoms with Crippen LogP contribution in [0, 0.1) is 5.41 Å². The number of nitrogens with one attached hydrogen (secondary N) is 1. The lowest BCUT2D eigenvalue weighted by atomic mass is 9.78. The van der Waals surface area contributed by atoms with E-state index in [9.17, 15) is 24.0 Å². The maximum Gasteiger partial charge on any atom is 0.410 e. The Kier molecular flexibility index (Phi) is 4.28. The van der Waals surface area contributed by atoms with E-state index in [1.807, 2.05) is 0 Å². The van der Waals surface area contributed by atoms with Crippen LogP contribution in [0.15, 0.2) is 0 Å². The molecule has 26 heavy (non-hydrogen) atoms. The first-order valence-corrected chi connectivity index (χ1v) is 8.71. The van der Waals surface area contributed by atoms with Crippen molar-refractivity contribution in [3.63, 3.8) is 0 Å². The van der Waals surface area contributed by atoms with Gasteiger partial charge in [0, 0.05) is 25.9 Å². The fraction of sp³-hybridized carbons (Fsp3) is 0.706. The van der Waals surface area contributed by atoms with Gasteiger partial charge in [0.15, 0.2) is 0 Å². The molecular weight excluding hydrogens is 342 g/mol. The second-order valence-corrected chi connectivity index (χ2v) is 8.18. The zero-order chi connectivity index (χ0) is 19.3. The molecule has 3 saturated heterocycles. The molecule has 9 nitrogen and oxygen atoms in total. The first-order valence-electron chi connectivity index (χ1n) is 8.71. The van der Waals surface area contributed by atoms with E-state index in [0.29, 0.717) is 6.42 Å². The summed E-state index contributed by atoms with van der Waals surface area (Å²) in [7, 11) is 0. The summed E-state index contributed by atoms with van der Waals surface area (Å²) >= 11 is 0. The molecule has 0 radical (unpaired) electrons. The molecule has 0 aliphatic carbocycles. The number of carbonyl (C=O) groups excluding carboxylic acids is 5. The van der Waals surface area contributed by atoms with Gasteiger partial charge in [-0.15, -0.1) is 0 Å². The molecule has 0 saturated carbocycles. The van der Waals surface area contributed by atoms with Crippen LogP contribution >= 0.6 is 0 Å². The van der Waals surface area contributed by atoms with E-state index in [4.69, 9.17) is 4.74 Å². The van der Waals surface area contributed by atoms with Crippen molar-refractivity contribution in [3.05, 3.63) is 0 Å². The smallest absolute Gasteiger partial charge is 0.410 e. The van der Waals surface area contributed by atoms with Crippen LogP contribution in [0.1, 0.15) is 46.5 Å². The van der Waals surface area contributed by atoms with Crippen LogP contribution < -0.4 is 5.32 Å². The number of carbonyl (C=O) groups is 5. The summed E-state index contributed by atoms with van der Waals surface area (Å²) in [4.78, 5) is 63.4. The predicted octanol–water partition coefficient (Wildman–Crippen LogP) is 0.178. The quantitative estimate of drug-likeness (QED) is 0.663. The van der Waals surface area contributed by atoms with Crippen molar-refractivity contribution in [2.24, 2.45) is 5.41 Å². The number of hydrogen-bond acceptors (Lipinski definition) is 6. The fourth-order valence-corrected chi connectivity index (χ4v) is 3.64. The number of rotatable bonds is 1. The van der Waals surface area contributed by atoms with Gasteiger partial charge in [-0.2, -0.15) is 0 Å². The van der Waals surface area contributed by atoms with Crippen LogP contribution in [-0.4, -0.2) is 64.3 Å². The monoisotopic (exact) mass is 365 g/mol. The van der Waals surface area contributed by atoms with E-state index in [1.54, 1.807) is 20.8 Å². The van der Waals surface area contributed by atoms with Gasteiger partial charge in [-0.05, 0) is 33.6 Å². The van der Waals surface area contributed by atoms with Gasteiger partial charge in [-0.3, -0.25) is 29.4 Å². The van der Waals surface area contributed by atoms with Crippen LogP contribution in [0.25, 0.3) is 0 Å². The highest BCUT2D eigenvalue weighted by molar-refractivity contribution is 6.11. The van der Waals surface area contributed by atoms with Crippen molar-refractivity contribution in [1.29, 1.82) is 0 Å². The minimum Gasteiger partial charge on any atom is -0.444 e. The molecule has 0 aromatic heterocycles. The standard InChI is InChI=1S/C17H23N3O6/c1-16(2,3)26-15(25)19-8-17(9-19)7-12(22)20(14(17)24)10-5-4-6-11(21)18-13(10)23/h10H,4-9H2,1-3H3,(H,18,21,23). The number of nitrogens with zero attached hydrogens (tertiary/aromatic N) is 2. The minimum atomic E-state index is -0.982. The summed E-state index contributed by atoms with van der Waals surface area (Å²) in [6.45, 7) is 5.43. The Morgan fingerprint density at radius 2 is 1.85 bits per heavy atom. The zero-order valence-electron chi connectivity index (χ0n) is 15.2. The van der Waals surface area contributed by atoms with Gasteiger partial charge in [-0.1, -0.05) is 0 Å². The molecule has 0 bridgehead atoms. The Hall–Kier alpha value is -2.45. The summed E-state index contributed by atoms with van der Waals surface area (Å²) in [6.07, 6.45) is 0.315. The largest absolute Gasteiger partial charge is 0.444 e. The third kappa shape index (κ3) is 3.17. The summed E-state index contributed by atoms with van der Waals surface area (Å²) < 4.78 is 5.27. The lowest BCUT2D eigenvalue weighted by molar-refractivity contribution is -0.152. The highest BCUT2D eigenvalue weighted by Gasteiger charge is 2.61. The van der Waals surface area contributed by atoms with Gasteiger partial charge in [0.2, 0.25) is 23.6 Å². The van der Waals surface area contributed by atoms with Crippen molar-refractivity contribution in [2.45, 2.75) is 58.1 Å². The van der Waals surface area contributed by atoms with Gasteiger partial charge in [0.1, 0.15) is 11.6 Å². The molecular formula is C17H23N3O6. The molecule has 3 rings (SSSR count). The normalized spacial score (nSPS) is 25.9. The Labute approximate surface area is 151 Å². The summed E-state index contributed by atoms with van der Waals surface area (Å²) in [5.41, 5.74) is -1.63. The maximum absolute atomic E-state index is 12.9. The summed E-state index contributed by atoms with van der Waals surface area (Å²) in [5.74, 6) is -1.90. The molecule has 3 heterocycles. The van der Waals surface area contributed by atoms with Crippen LogP contribution in [0.4, 0.5) is 4.79 Å². The summed E-state index contributed by atoms with van der Waals surface area (Å²) in [5, 5.41) is 2.22. The van der Waals surface area contributed by atoms with Crippen molar-refractivity contribution in [3.8, 4) is 0 Å². The van der Waals surface area contributed by atoms with Crippen molar-refractivity contribution in [1.82, 2.24) is 15.1 Å². The number of likely N-dealkylation sites (tertiary alicyclic amines) is 2. The molecule has 5 amide bonds. The van der Waals surface area contributed by atoms with Gasteiger partial charge in [-0.25, -0.2) is 4.79 Å². The Balaban J connectivity index is 1.70. The molecule has 0 aromatic carbocycles. The lowest BCUT2D eigenvalue weighted by Gasteiger charge is -2.45. The highest BCUT2D eigenvalue weighted by Crippen LogP contribution is 2.43. The van der Waals surface area contributed by atoms with Crippen LogP contribution in [0.5, 0.6) is 0 Å². The molecule has 3 fully saturated rings. The molecule has 3 aliphatic rings. The maximum atomic E-state index is 12.9. The second kappa shape index (κ2) is 6.07. The van der Waals surface area contributed by atoms with E-state index in [0.717, 1.165) is 4.90 Å². The average Bonchev–Trinajstić information content (AvgIpc) is 2.59.